The lowest BCUT2D eigenvalue weighted by atomic mass is 10.0. The zero-order valence-electron chi connectivity index (χ0n) is 11.8. The van der Waals surface area contributed by atoms with E-state index in [1.54, 1.807) is 6.07 Å². The third kappa shape index (κ3) is 4.63. The second-order valence-electron chi connectivity index (χ2n) is 5.18. The summed E-state index contributed by atoms with van der Waals surface area (Å²) >= 11 is 0. The topological polar surface area (TPSA) is 32.5 Å². The number of nitrogens with zero attached hydrogens (tertiary/aromatic N) is 2. The predicted molar refractivity (Wildman–Crippen MR) is 75.6 cm³/mol. The van der Waals surface area contributed by atoms with Crippen molar-refractivity contribution in [2.75, 3.05) is 39.1 Å². The molecule has 0 radical (unpaired) electrons. The molecule has 1 atom stereocenters. The van der Waals surface area contributed by atoms with Crippen LogP contribution in [0.25, 0.3) is 0 Å². The van der Waals surface area contributed by atoms with E-state index in [1.165, 1.54) is 6.07 Å². The molecule has 0 spiro atoms. The Labute approximate surface area is 109 Å². The Balaban J connectivity index is 2.85. The standard InChI is InChI=1S/C14H24FN3/c1-11(16)9-12-10-13(15)5-6-14(12)18(4)8-7-17(2)3/h5-6,10-11H,7-9,16H2,1-4H3. The molecule has 1 unspecified atom stereocenters. The summed E-state index contributed by atoms with van der Waals surface area (Å²) in [5, 5.41) is 0. The van der Waals surface area contributed by atoms with Crippen molar-refractivity contribution in [1.82, 2.24) is 4.90 Å². The molecule has 0 saturated heterocycles. The third-order valence-electron chi connectivity index (χ3n) is 2.88. The monoisotopic (exact) mass is 253 g/mol. The molecule has 0 bridgehead atoms. The van der Waals surface area contributed by atoms with Crippen LogP contribution in [0.3, 0.4) is 0 Å². The molecule has 0 fully saturated rings. The van der Waals surface area contributed by atoms with Gasteiger partial charge in [-0.3, -0.25) is 0 Å². The lowest BCUT2D eigenvalue weighted by Gasteiger charge is -2.24. The summed E-state index contributed by atoms with van der Waals surface area (Å²) in [6.45, 7) is 3.81. The number of likely N-dealkylation sites (N-methyl/N-ethyl adjacent to an activating group) is 2. The molecule has 0 amide bonds. The van der Waals surface area contributed by atoms with E-state index in [2.05, 4.69) is 9.80 Å². The van der Waals surface area contributed by atoms with Crippen molar-refractivity contribution in [2.45, 2.75) is 19.4 Å². The van der Waals surface area contributed by atoms with Gasteiger partial charge in [-0.1, -0.05) is 0 Å². The van der Waals surface area contributed by atoms with Crippen molar-refractivity contribution in [3.8, 4) is 0 Å². The van der Waals surface area contributed by atoms with Gasteiger partial charge in [0, 0.05) is 31.9 Å². The lowest BCUT2D eigenvalue weighted by Crippen LogP contribution is -2.29. The average Bonchev–Trinajstić information content (AvgIpc) is 2.25. The molecule has 1 aromatic carbocycles. The Bertz CT molecular complexity index is 377. The van der Waals surface area contributed by atoms with Gasteiger partial charge < -0.3 is 15.5 Å². The van der Waals surface area contributed by atoms with Gasteiger partial charge in [0.1, 0.15) is 5.82 Å². The number of nitrogens with two attached hydrogens (primary N) is 1. The second-order valence-corrected chi connectivity index (χ2v) is 5.18. The van der Waals surface area contributed by atoms with Gasteiger partial charge in [0.05, 0.1) is 0 Å². The minimum atomic E-state index is -0.199. The van der Waals surface area contributed by atoms with Crippen LogP contribution in [0.2, 0.25) is 0 Å². The maximum absolute atomic E-state index is 13.3. The number of anilines is 1. The van der Waals surface area contributed by atoms with Gasteiger partial charge in [0.15, 0.2) is 0 Å². The first-order valence-corrected chi connectivity index (χ1v) is 6.30. The molecule has 18 heavy (non-hydrogen) atoms. The molecule has 0 heterocycles. The van der Waals surface area contributed by atoms with Crippen molar-refractivity contribution in [3.63, 3.8) is 0 Å². The van der Waals surface area contributed by atoms with Gasteiger partial charge in [-0.15, -0.1) is 0 Å². The van der Waals surface area contributed by atoms with Gasteiger partial charge in [-0.2, -0.15) is 0 Å². The second kappa shape index (κ2) is 6.71. The first-order valence-electron chi connectivity index (χ1n) is 6.30. The van der Waals surface area contributed by atoms with Crippen LogP contribution in [0, 0.1) is 5.82 Å². The quantitative estimate of drug-likeness (QED) is 0.838. The molecule has 0 aliphatic rings. The van der Waals surface area contributed by atoms with Crippen LogP contribution in [0.5, 0.6) is 0 Å². The molecule has 2 N–H and O–H groups in total. The number of hydrogen-bond donors (Lipinski definition) is 1. The summed E-state index contributed by atoms with van der Waals surface area (Å²) in [6.07, 6.45) is 0.694. The van der Waals surface area contributed by atoms with E-state index in [-0.39, 0.29) is 11.9 Å². The van der Waals surface area contributed by atoms with Crippen molar-refractivity contribution in [1.29, 1.82) is 0 Å². The van der Waals surface area contributed by atoms with Crippen LogP contribution in [-0.4, -0.2) is 45.2 Å². The van der Waals surface area contributed by atoms with E-state index in [1.807, 2.05) is 34.1 Å². The van der Waals surface area contributed by atoms with Gasteiger partial charge >= 0.3 is 0 Å². The van der Waals surface area contributed by atoms with Crippen LogP contribution in [-0.2, 0) is 6.42 Å². The molecule has 0 aromatic heterocycles. The number of halogens is 1. The fourth-order valence-corrected chi connectivity index (χ4v) is 1.91. The predicted octanol–water partition coefficient (Wildman–Crippen LogP) is 1.71. The van der Waals surface area contributed by atoms with E-state index in [0.717, 1.165) is 24.3 Å². The Hall–Kier alpha value is -1.13. The highest BCUT2D eigenvalue weighted by molar-refractivity contribution is 5.53. The Morgan fingerprint density at radius 3 is 2.44 bits per heavy atom. The van der Waals surface area contributed by atoms with Crippen molar-refractivity contribution in [3.05, 3.63) is 29.6 Å². The van der Waals surface area contributed by atoms with Crippen molar-refractivity contribution < 1.29 is 4.39 Å². The van der Waals surface area contributed by atoms with E-state index in [9.17, 15) is 4.39 Å². The normalized spacial score (nSPS) is 12.8. The fourth-order valence-electron chi connectivity index (χ4n) is 1.91. The molecule has 1 aromatic rings. The van der Waals surface area contributed by atoms with Gasteiger partial charge in [-0.05, 0) is 51.2 Å². The molecular formula is C14H24FN3. The Morgan fingerprint density at radius 2 is 1.89 bits per heavy atom. The van der Waals surface area contributed by atoms with Gasteiger partial charge in [0.2, 0.25) is 0 Å². The average molecular weight is 253 g/mol. The zero-order chi connectivity index (χ0) is 13.7. The minimum absolute atomic E-state index is 0.0350. The van der Waals surface area contributed by atoms with Crippen LogP contribution >= 0.6 is 0 Å². The number of rotatable bonds is 6. The van der Waals surface area contributed by atoms with Crippen LogP contribution in [0.4, 0.5) is 10.1 Å². The van der Waals surface area contributed by atoms with Crippen LogP contribution in [0.1, 0.15) is 12.5 Å². The van der Waals surface area contributed by atoms with E-state index in [0.29, 0.717) is 6.42 Å². The van der Waals surface area contributed by atoms with E-state index in [4.69, 9.17) is 5.73 Å². The van der Waals surface area contributed by atoms with Crippen LogP contribution < -0.4 is 10.6 Å². The number of benzene rings is 1. The summed E-state index contributed by atoms with van der Waals surface area (Å²) in [5.41, 5.74) is 7.86. The van der Waals surface area contributed by atoms with Gasteiger partial charge in [0.25, 0.3) is 0 Å². The highest BCUT2D eigenvalue weighted by Gasteiger charge is 2.10. The van der Waals surface area contributed by atoms with Crippen LogP contribution in [0.15, 0.2) is 18.2 Å². The maximum Gasteiger partial charge on any atom is 0.123 e. The summed E-state index contributed by atoms with van der Waals surface area (Å²) in [7, 11) is 6.12. The molecule has 4 heteroatoms. The minimum Gasteiger partial charge on any atom is -0.373 e. The SMILES string of the molecule is CC(N)Cc1cc(F)ccc1N(C)CCN(C)C. The molecule has 0 aliphatic carbocycles. The summed E-state index contributed by atoms with van der Waals surface area (Å²) in [4.78, 5) is 4.28. The van der Waals surface area contributed by atoms with Crippen molar-refractivity contribution in [2.24, 2.45) is 5.73 Å². The first-order chi connectivity index (χ1) is 8.40. The largest absolute Gasteiger partial charge is 0.373 e. The van der Waals surface area contributed by atoms with Crippen molar-refractivity contribution >= 4 is 5.69 Å². The van der Waals surface area contributed by atoms with Gasteiger partial charge in [-0.25, -0.2) is 4.39 Å². The summed E-state index contributed by atoms with van der Waals surface area (Å²) in [6, 6.07) is 4.97. The smallest absolute Gasteiger partial charge is 0.123 e. The summed E-state index contributed by atoms with van der Waals surface area (Å²) < 4.78 is 13.3. The first kappa shape index (κ1) is 14.9. The molecular weight excluding hydrogens is 229 g/mol. The molecule has 0 saturated carbocycles. The zero-order valence-corrected chi connectivity index (χ0v) is 11.8. The highest BCUT2D eigenvalue weighted by atomic mass is 19.1. The molecule has 3 nitrogen and oxygen atoms in total. The third-order valence-corrected chi connectivity index (χ3v) is 2.88. The van der Waals surface area contributed by atoms with E-state index >= 15 is 0 Å². The Morgan fingerprint density at radius 1 is 1.22 bits per heavy atom. The molecule has 0 aliphatic heterocycles. The Kier molecular flexibility index (Phi) is 5.56. The maximum atomic E-state index is 13.3. The molecule has 102 valence electrons. The highest BCUT2D eigenvalue weighted by Crippen LogP contribution is 2.21. The van der Waals surface area contributed by atoms with E-state index < -0.39 is 0 Å². The lowest BCUT2D eigenvalue weighted by molar-refractivity contribution is 0.416. The summed E-state index contributed by atoms with van der Waals surface area (Å²) in [5.74, 6) is -0.199. The number of hydrogen-bond acceptors (Lipinski definition) is 3. The fraction of sp³-hybridized carbons (Fsp3) is 0.571. The molecule has 1 rings (SSSR count).